The fourth-order valence-electron chi connectivity index (χ4n) is 3.83. The van der Waals surface area contributed by atoms with Crippen LogP contribution < -0.4 is 10.5 Å². The van der Waals surface area contributed by atoms with Gasteiger partial charge >= 0.3 is 5.97 Å². The molecule has 0 aliphatic heterocycles. The number of nitrogens with zero attached hydrogens (tertiary/aromatic N) is 1. The van der Waals surface area contributed by atoms with E-state index in [4.69, 9.17) is 15.6 Å². The van der Waals surface area contributed by atoms with Crippen molar-refractivity contribution in [3.05, 3.63) is 77.4 Å². The van der Waals surface area contributed by atoms with Crippen molar-refractivity contribution in [2.24, 2.45) is 5.73 Å². The molecule has 3 N–H and O–H groups in total. The van der Waals surface area contributed by atoms with Gasteiger partial charge in [-0.25, -0.2) is 13.6 Å². The number of aryl methyl sites for hydroxylation is 2. The number of benzene rings is 3. The Morgan fingerprint density at radius 1 is 0.968 bits per heavy atom. The maximum atomic E-state index is 14.1. The summed E-state index contributed by atoms with van der Waals surface area (Å²) in [5.74, 6) is -3.31. The summed E-state index contributed by atoms with van der Waals surface area (Å²) in [6.07, 6.45) is 0.198. The predicted molar refractivity (Wildman–Crippen MR) is 111 cm³/mol. The van der Waals surface area contributed by atoms with E-state index in [1.54, 1.807) is 36.4 Å². The van der Waals surface area contributed by atoms with Gasteiger partial charge in [0.2, 0.25) is 5.91 Å². The number of ether oxygens (including phenoxy) is 1. The molecule has 0 atom stereocenters. The van der Waals surface area contributed by atoms with Gasteiger partial charge in [0, 0.05) is 17.5 Å². The third-order valence-corrected chi connectivity index (χ3v) is 5.13. The van der Waals surface area contributed by atoms with Crippen LogP contribution in [0.5, 0.6) is 5.75 Å². The normalized spacial score (nSPS) is 11.2. The topological polar surface area (TPSA) is 94.6 Å². The van der Waals surface area contributed by atoms with Crippen LogP contribution in [0.15, 0.2) is 54.6 Å². The first-order chi connectivity index (χ1) is 14.9. The molecular formula is C23H18F2N2O4. The van der Waals surface area contributed by atoms with Gasteiger partial charge in [0.05, 0.1) is 16.4 Å². The molecule has 0 saturated heterocycles. The zero-order valence-corrected chi connectivity index (χ0v) is 16.3. The Balaban J connectivity index is 1.91. The van der Waals surface area contributed by atoms with Gasteiger partial charge in [-0.05, 0) is 42.3 Å². The van der Waals surface area contributed by atoms with E-state index in [2.05, 4.69) is 0 Å². The minimum Gasteiger partial charge on any atom is -0.481 e. The van der Waals surface area contributed by atoms with Gasteiger partial charge in [0.25, 0.3) is 0 Å². The Bertz CT molecular complexity index is 1330. The number of aromatic nitrogens is 1. The monoisotopic (exact) mass is 424 g/mol. The molecule has 0 spiro atoms. The summed E-state index contributed by atoms with van der Waals surface area (Å²) in [4.78, 5) is 23.1. The molecule has 1 aromatic heterocycles. The lowest BCUT2D eigenvalue weighted by molar-refractivity contribution is -0.139. The second-order valence-corrected chi connectivity index (χ2v) is 7.01. The van der Waals surface area contributed by atoms with E-state index in [9.17, 15) is 18.4 Å². The van der Waals surface area contributed by atoms with Crippen molar-refractivity contribution in [1.82, 2.24) is 4.57 Å². The van der Waals surface area contributed by atoms with Gasteiger partial charge in [-0.2, -0.15) is 0 Å². The number of hydrogen-bond donors (Lipinski definition) is 2. The first-order valence-electron chi connectivity index (χ1n) is 9.49. The molecular weight excluding hydrogens is 406 g/mol. The summed E-state index contributed by atoms with van der Waals surface area (Å²) < 4.78 is 35.1. The third kappa shape index (κ3) is 3.68. The standard InChI is InChI=1S/C23H18F2N2O4/c24-15-6-1-4-13(22(15)25)10-11-27-16-7-2-5-14(23(26)30)20(16)21-17(27)8-3-9-18(21)31-12-19(28)29/h1-9H,10-12H2,(H2,26,30)(H,28,29). The van der Waals surface area contributed by atoms with Gasteiger partial charge in [-0.1, -0.05) is 24.3 Å². The van der Waals surface area contributed by atoms with Crippen LogP contribution >= 0.6 is 0 Å². The van der Waals surface area contributed by atoms with Gasteiger partial charge in [0.15, 0.2) is 18.2 Å². The van der Waals surface area contributed by atoms with Crippen LogP contribution in [0.3, 0.4) is 0 Å². The molecule has 0 saturated carbocycles. The number of rotatable bonds is 7. The van der Waals surface area contributed by atoms with E-state index < -0.39 is 30.1 Å². The number of amides is 1. The summed E-state index contributed by atoms with van der Waals surface area (Å²) in [6, 6.07) is 14.2. The summed E-state index contributed by atoms with van der Waals surface area (Å²) in [5, 5.41) is 10.1. The summed E-state index contributed by atoms with van der Waals surface area (Å²) in [5.41, 5.74) is 7.36. The quantitative estimate of drug-likeness (QED) is 0.471. The average Bonchev–Trinajstić information content (AvgIpc) is 3.07. The lowest BCUT2D eigenvalue weighted by Gasteiger charge is -2.09. The molecule has 0 bridgehead atoms. The van der Waals surface area contributed by atoms with Crippen LogP contribution in [0.1, 0.15) is 15.9 Å². The highest BCUT2D eigenvalue weighted by atomic mass is 19.2. The fourth-order valence-corrected chi connectivity index (χ4v) is 3.83. The SMILES string of the molecule is NC(=O)c1cccc2c1c1c(OCC(=O)O)cccc1n2CCc1cccc(F)c1F. The predicted octanol–water partition coefficient (Wildman–Crippen LogP) is 3.88. The first-order valence-corrected chi connectivity index (χ1v) is 9.49. The largest absolute Gasteiger partial charge is 0.481 e. The Morgan fingerprint density at radius 3 is 2.35 bits per heavy atom. The summed E-state index contributed by atoms with van der Waals surface area (Å²) in [7, 11) is 0. The minimum absolute atomic E-state index is 0.198. The van der Waals surface area contributed by atoms with Crippen LogP contribution in [-0.4, -0.2) is 28.2 Å². The second kappa shape index (κ2) is 8.06. The number of aliphatic carboxylic acids is 1. The van der Waals surface area contributed by atoms with Crippen LogP contribution in [0.4, 0.5) is 8.78 Å². The molecule has 4 rings (SSSR count). The third-order valence-electron chi connectivity index (χ3n) is 5.13. The number of carboxylic acids is 1. The zero-order valence-electron chi connectivity index (χ0n) is 16.3. The number of carbonyl (C=O) groups is 2. The molecule has 3 aromatic carbocycles. The molecule has 6 nitrogen and oxygen atoms in total. The van der Waals surface area contributed by atoms with Gasteiger partial charge < -0.3 is 20.1 Å². The highest BCUT2D eigenvalue weighted by molar-refractivity contribution is 6.19. The molecule has 0 radical (unpaired) electrons. The molecule has 0 aliphatic rings. The minimum atomic E-state index is -1.14. The van der Waals surface area contributed by atoms with E-state index in [-0.39, 0.29) is 29.8 Å². The molecule has 4 aromatic rings. The summed E-state index contributed by atoms with van der Waals surface area (Å²) in [6.45, 7) is -0.274. The fraction of sp³-hybridized carbons (Fsp3) is 0.130. The first kappa shape index (κ1) is 20.3. The average molecular weight is 424 g/mol. The van der Waals surface area contributed by atoms with Gasteiger partial charge in [-0.3, -0.25) is 4.79 Å². The molecule has 0 fully saturated rings. The Kier molecular flexibility index (Phi) is 5.29. The lowest BCUT2D eigenvalue weighted by Crippen LogP contribution is -2.11. The maximum Gasteiger partial charge on any atom is 0.341 e. The second-order valence-electron chi connectivity index (χ2n) is 7.01. The van der Waals surface area contributed by atoms with Crippen molar-refractivity contribution in [2.45, 2.75) is 13.0 Å². The van der Waals surface area contributed by atoms with E-state index in [0.29, 0.717) is 21.8 Å². The Hall–Kier alpha value is -3.94. The van der Waals surface area contributed by atoms with Crippen molar-refractivity contribution in [3.63, 3.8) is 0 Å². The number of primary amides is 1. The van der Waals surface area contributed by atoms with E-state index in [0.717, 1.165) is 6.07 Å². The van der Waals surface area contributed by atoms with Crippen molar-refractivity contribution in [3.8, 4) is 5.75 Å². The van der Waals surface area contributed by atoms with Crippen molar-refractivity contribution < 1.29 is 28.2 Å². The number of nitrogens with two attached hydrogens (primary N) is 1. The van der Waals surface area contributed by atoms with E-state index >= 15 is 0 Å². The van der Waals surface area contributed by atoms with E-state index in [1.165, 1.54) is 12.1 Å². The molecule has 0 aliphatic carbocycles. The van der Waals surface area contributed by atoms with Crippen LogP contribution in [0.2, 0.25) is 0 Å². The maximum absolute atomic E-state index is 14.1. The number of halogens is 2. The molecule has 31 heavy (non-hydrogen) atoms. The number of hydrogen-bond acceptors (Lipinski definition) is 3. The lowest BCUT2D eigenvalue weighted by atomic mass is 10.1. The highest BCUT2D eigenvalue weighted by Gasteiger charge is 2.20. The molecule has 1 heterocycles. The van der Waals surface area contributed by atoms with Crippen molar-refractivity contribution in [1.29, 1.82) is 0 Å². The van der Waals surface area contributed by atoms with Gasteiger partial charge in [-0.15, -0.1) is 0 Å². The Labute approximate surface area is 175 Å². The smallest absolute Gasteiger partial charge is 0.341 e. The van der Waals surface area contributed by atoms with Crippen LogP contribution in [0.25, 0.3) is 21.8 Å². The number of carboxylic acid groups (broad SMARTS) is 1. The zero-order chi connectivity index (χ0) is 22.1. The van der Waals surface area contributed by atoms with Crippen LogP contribution in [0, 0.1) is 11.6 Å². The molecule has 1 amide bonds. The van der Waals surface area contributed by atoms with Crippen LogP contribution in [-0.2, 0) is 17.8 Å². The number of fused-ring (bicyclic) bond motifs is 3. The molecule has 0 unspecified atom stereocenters. The summed E-state index contributed by atoms with van der Waals surface area (Å²) >= 11 is 0. The molecule has 8 heteroatoms. The van der Waals surface area contributed by atoms with E-state index in [1.807, 2.05) is 4.57 Å². The number of carbonyl (C=O) groups excluding carboxylic acids is 1. The van der Waals surface area contributed by atoms with Gasteiger partial charge in [0.1, 0.15) is 5.75 Å². The Morgan fingerprint density at radius 2 is 1.65 bits per heavy atom. The van der Waals surface area contributed by atoms with Crippen molar-refractivity contribution >= 4 is 33.7 Å². The van der Waals surface area contributed by atoms with Crippen molar-refractivity contribution in [2.75, 3.05) is 6.61 Å². The highest BCUT2D eigenvalue weighted by Crippen LogP contribution is 2.37. The molecule has 158 valence electrons.